The summed E-state index contributed by atoms with van der Waals surface area (Å²) in [6, 6.07) is 1.06. The summed E-state index contributed by atoms with van der Waals surface area (Å²) in [7, 11) is -1.13. The lowest BCUT2D eigenvalue weighted by atomic mass is 10.2. The third-order valence-corrected chi connectivity index (χ3v) is 4.83. The summed E-state index contributed by atoms with van der Waals surface area (Å²) in [6.45, 7) is 11.6. The molecule has 0 aliphatic rings. The molecule has 1 aromatic rings. The van der Waals surface area contributed by atoms with E-state index >= 15 is 0 Å². The van der Waals surface area contributed by atoms with Crippen LogP contribution < -0.4 is 0 Å². The highest BCUT2D eigenvalue weighted by atomic mass is 28.3. The predicted octanol–water partition coefficient (Wildman–Crippen LogP) is 3.10. The number of carbonyl (C=O) groups excluding carboxylic acids is 2. The predicted molar refractivity (Wildman–Crippen MR) is 84.6 cm³/mol. The van der Waals surface area contributed by atoms with Crippen molar-refractivity contribution in [3.05, 3.63) is 23.0 Å². The minimum atomic E-state index is -1.13. The standard InChI is InChI=1S/C15H25NO4Si/c1-6-20-15(18)14-12(2)9-16(13(14)10-17)11-19-7-8-21(3,4)5/h9-10H,6-8,11H2,1-5H3. The van der Waals surface area contributed by atoms with E-state index in [0.29, 0.717) is 24.2 Å². The van der Waals surface area contributed by atoms with Gasteiger partial charge < -0.3 is 14.0 Å². The van der Waals surface area contributed by atoms with Gasteiger partial charge in [0, 0.05) is 20.9 Å². The normalized spacial score (nSPS) is 11.5. The Hall–Kier alpha value is -1.40. The monoisotopic (exact) mass is 311 g/mol. The first-order chi connectivity index (χ1) is 9.80. The van der Waals surface area contributed by atoms with Crippen molar-refractivity contribution in [1.29, 1.82) is 0 Å². The molecular weight excluding hydrogens is 286 g/mol. The molecule has 1 aromatic heterocycles. The number of hydrogen-bond donors (Lipinski definition) is 0. The average molecular weight is 311 g/mol. The van der Waals surface area contributed by atoms with Gasteiger partial charge in [-0.15, -0.1) is 0 Å². The highest BCUT2D eigenvalue weighted by molar-refractivity contribution is 6.76. The van der Waals surface area contributed by atoms with Crippen molar-refractivity contribution in [2.24, 2.45) is 0 Å². The van der Waals surface area contributed by atoms with E-state index in [4.69, 9.17) is 9.47 Å². The Bertz CT molecular complexity index is 503. The van der Waals surface area contributed by atoms with Crippen LogP contribution in [0.3, 0.4) is 0 Å². The highest BCUT2D eigenvalue weighted by Crippen LogP contribution is 2.17. The number of aromatic nitrogens is 1. The van der Waals surface area contributed by atoms with Gasteiger partial charge in [0.2, 0.25) is 0 Å². The first kappa shape index (κ1) is 17.6. The zero-order valence-corrected chi connectivity index (χ0v) is 14.6. The zero-order valence-electron chi connectivity index (χ0n) is 13.6. The first-order valence-electron chi connectivity index (χ1n) is 7.20. The van der Waals surface area contributed by atoms with Gasteiger partial charge in [0.05, 0.1) is 17.9 Å². The lowest BCUT2D eigenvalue weighted by molar-refractivity contribution is 0.0521. The molecule has 0 saturated carbocycles. The molecular formula is C15H25NO4Si. The lowest BCUT2D eigenvalue weighted by Crippen LogP contribution is -2.22. The maximum atomic E-state index is 11.9. The van der Waals surface area contributed by atoms with Crippen LogP contribution in [0.1, 0.15) is 33.3 Å². The van der Waals surface area contributed by atoms with Crippen molar-refractivity contribution in [3.8, 4) is 0 Å². The van der Waals surface area contributed by atoms with Crippen LogP contribution in [0.25, 0.3) is 0 Å². The molecule has 0 bridgehead atoms. The van der Waals surface area contributed by atoms with Crippen molar-refractivity contribution < 1.29 is 19.1 Å². The molecule has 0 N–H and O–H groups in total. The van der Waals surface area contributed by atoms with Gasteiger partial charge in [0.25, 0.3) is 0 Å². The number of aryl methyl sites for hydroxylation is 1. The van der Waals surface area contributed by atoms with Gasteiger partial charge in [0.1, 0.15) is 6.73 Å². The number of hydrogen-bond acceptors (Lipinski definition) is 4. The molecule has 1 heterocycles. The van der Waals surface area contributed by atoms with E-state index in [1.54, 1.807) is 24.6 Å². The second kappa shape index (κ2) is 7.56. The SMILES string of the molecule is CCOC(=O)c1c(C)cn(COCC[Si](C)(C)C)c1C=O. The third kappa shape index (κ3) is 5.13. The van der Waals surface area contributed by atoms with Gasteiger partial charge in [-0.3, -0.25) is 4.79 Å². The number of nitrogens with zero attached hydrogens (tertiary/aromatic N) is 1. The van der Waals surface area contributed by atoms with Gasteiger partial charge in [-0.2, -0.15) is 0 Å². The minimum Gasteiger partial charge on any atom is -0.462 e. The maximum absolute atomic E-state index is 11.9. The fourth-order valence-corrected chi connectivity index (χ4v) is 2.71. The summed E-state index contributed by atoms with van der Waals surface area (Å²) in [6.07, 6.45) is 2.44. The van der Waals surface area contributed by atoms with Crippen LogP contribution in [0.4, 0.5) is 0 Å². The smallest absolute Gasteiger partial charge is 0.340 e. The summed E-state index contributed by atoms with van der Waals surface area (Å²) in [4.78, 5) is 23.2. The molecule has 5 nitrogen and oxygen atoms in total. The van der Waals surface area contributed by atoms with E-state index in [9.17, 15) is 9.59 Å². The van der Waals surface area contributed by atoms with Crippen molar-refractivity contribution in [2.75, 3.05) is 13.2 Å². The Labute approximate surface area is 127 Å². The maximum Gasteiger partial charge on any atom is 0.340 e. The number of esters is 1. The van der Waals surface area contributed by atoms with Crippen molar-refractivity contribution >= 4 is 20.3 Å². The second-order valence-corrected chi connectivity index (χ2v) is 11.8. The highest BCUT2D eigenvalue weighted by Gasteiger charge is 2.20. The fraction of sp³-hybridized carbons (Fsp3) is 0.600. The number of rotatable bonds is 8. The molecule has 0 fully saturated rings. The van der Waals surface area contributed by atoms with Crippen LogP contribution in [0, 0.1) is 6.92 Å². The van der Waals surface area contributed by atoms with Crippen molar-refractivity contribution in [2.45, 2.75) is 46.3 Å². The van der Waals surface area contributed by atoms with Crippen molar-refractivity contribution in [1.82, 2.24) is 4.57 Å². The van der Waals surface area contributed by atoms with E-state index in [2.05, 4.69) is 19.6 Å². The van der Waals surface area contributed by atoms with Gasteiger partial charge >= 0.3 is 5.97 Å². The van der Waals surface area contributed by atoms with E-state index in [1.807, 2.05) is 0 Å². The molecule has 1 rings (SSSR count). The molecule has 0 atom stereocenters. The summed E-state index contributed by atoms with van der Waals surface area (Å²) in [5, 5.41) is 0. The van der Waals surface area contributed by atoms with Crippen LogP contribution >= 0.6 is 0 Å². The second-order valence-electron chi connectivity index (χ2n) is 6.23. The van der Waals surface area contributed by atoms with E-state index in [1.165, 1.54) is 0 Å². The average Bonchev–Trinajstić information content (AvgIpc) is 2.69. The van der Waals surface area contributed by atoms with Gasteiger partial charge in [-0.05, 0) is 25.5 Å². The molecule has 0 saturated heterocycles. The molecule has 6 heteroatoms. The Balaban J connectivity index is 2.77. The van der Waals surface area contributed by atoms with E-state index < -0.39 is 14.0 Å². The number of aldehydes is 1. The summed E-state index contributed by atoms with van der Waals surface area (Å²) < 4.78 is 12.3. The van der Waals surface area contributed by atoms with Crippen molar-refractivity contribution in [3.63, 3.8) is 0 Å². The number of carbonyl (C=O) groups is 2. The Morgan fingerprint density at radius 3 is 2.57 bits per heavy atom. The first-order valence-corrected chi connectivity index (χ1v) is 10.9. The van der Waals surface area contributed by atoms with Gasteiger partial charge in [-0.25, -0.2) is 4.79 Å². The van der Waals surface area contributed by atoms with Gasteiger partial charge in [-0.1, -0.05) is 19.6 Å². The lowest BCUT2D eigenvalue weighted by Gasteiger charge is -2.15. The van der Waals surface area contributed by atoms with Crippen LogP contribution in [-0.4, -0.2) is 38.1 Å². The molecule has 0 aliphatic heterocycles. The van der Waals surface area contributed by atoms with E-state index in [-0.39, 0.29) is 13.3 Å². The van der Waals surface area contributed by atoms with Gasteiger partial charge in [0.15, 0.2) is 6.29 Å². The fourth-order valence-electron chi connectivity index (χ4n) is 1.96. The third-order valence-electron chi connectivity index (χ3n) is 3.13. The largest absolute Gasteiger partial charge is 0.462 e. The van der Waals surface area contributed by atoms with Crippen LogP contribution in [0.15, 0.2) is 6.20 Å². The molecule has 0 unspecified atom stereocenters. The van der Waals surface area contributed by atoms with E-state index in [0.717, 1.165) is 11.6 Å². The molecule has 0 aromatic carbocycles. The van der Waals surface area contributed by atoms with Crippen LogP contribution in [0.2, 0.25) is 25.7 Å². The molecule has 0 radical (unpaired) electrons. The topological polar surface area (TPSA) is 57.5 Å². The Kier molecular flexibility index (Phi) is 6.35. The Morgan fingerprint density at radius 1 is 1.38 bits per heavy atom. The quantitative estimate of drug-likeness (QED) is 0.320. The molecule has 0 spiro atoms. The Morgan fingerprint density at radius 2 is 2.05 bits per heavy atom. The molecule has 118 valence electrons. The van der Waals surface area contributed by atoms with Crippen LogP contribution in [-0.2, 0) is 16.2 Å². The molecule has 21 heavy (non-hydrogen) atoms. The van der Waals surface area contributed by atoms with Crippen LogP contribution in [0.5, 0.6) is 0 Å². The molecule has 0 aliphatic carbocycles. The summed E-state index contributed by atoms with van der Waals surface area (Å²) in [5.74, 6) is -0.460. The zero-order chi connectivity index (χ0) is 16.0. The molecule has 0 amide bonds. The summed E-state index contributed by atoms with van der Waals surface area (Å²) in [5.41, 5.74) is 1.38. The summed E-state index contributed by atoms with van der Waals surface area (Å²) >= 11 is 0. The minimum absolute atomic E-state index is 0.277. The number of ether oxygens (including phenoxy) is 2.